The van der Waals surface area contributed by atoms with Crippen LogP contribution in [0, 0.1) is 5.82 Å². The summed E-state index contributed by atoms with van der Waals surface area (Å²) < 4.78 is 13.2. The Morgan fingerprint density at radius 2 is 2.33 bits per heavy atom. The summed E-state index contributed by atoms with van der Waals surface area (Å²) in [7, 11) is 0. The molecule has 0 aliphatic carbocycles. The SMILES string of the molecule is NOCCNC(=O)c1c(F)cccc1Cl. The van der Waals surface area contributed by atoms with Gasteiger partial charge in [0.25, 0.3) is 5.91 Å². The molecule has 3 N–H and O–H groups in total. The van der Waals surface area contributed by atoms with Gasteiger partial charge in [0.1, 0.15) is 5.82 Å². The van der Waals surface area contributed by atoms with E-state index >= 15 is 0 Å². The molecule has 0 aliphatic rings. The van der Waals surface area contributed by atoms with Gasteiger partial charge in [-0.3, -0.25) is 4.79 Å². The van der Waals surface area contributed by atoms with Gasteiger partial charge in [-0.15, -0.1) is 0 Å². The summed E-state index contributed by atoms with van der Waals surface area (Å²) in [5.41, 5.74) is -0.170. The second-order valence-corrected chi connectivity index (χ2v) is 3.13. The lowest BCUT2D eigenvalue weighted by molar-refractivity contribution is 0.0913. The standard InChI is InChI=1S/C9H10ClFN2O2/c10-6-2-1-3-7(11)8(6)9(14)13-4-5-15-12/h1-3H,4-5,12H2,(H,13,14). The minimum absolute atomic E-state index is 0.0705. The molecule has 6 heteroatoms. The van der Waals surface area contributed by atoms with Gasteiger partial charge in [0.15, 0.2) is 0 Å². The number of nitrogens with one attached hydrogen (secondary N) is 1. The summed E-state index contributed by atoms with van der Waals surface area (Å²) in [4.78, 5) is 15.7. The molecule has 1 aromatic carbocycles. The van der Waals surface area contributed by atoms with E-state index in [4.69, 9.17) is 17.5 Å². The van der Waals surface area contributed by atoms with Gasteiger partial charge in [-0.25, -0.2) is 10.3 Å². The van der Waals surface area contributed by atoms with E-state index < -0.39 is 11.7 Å². The summed E-state index contributed by atoms with van der Waals surface area (Å²) in [6.07, 6.45) is 0. The van der Waals surface area contributed by atoms with E-state index in [1.807, 2.05) is 0 Å². The summed E-state index contributed by atoms with van der Waals surface area (Å²) in [6, 6.07) is 4.04. The highest BCUT2D eigenvalue weighted by Gasteiger charge is 2.14. The first-order chi connectivity index (χ1) is 7.16. The Kier molecular flexibility index (Phi) is 4.48. The summed E-state index contributed by atoms with van der Waals surface area (Å²) >= 11 is 5.68. The average Bonchev–Trinajstić information content (AvgIpc) is 2.18. The van der Waals surface area contributed by atoms with Gasteiger partial charge < -0.3 is 10.2 Å². The van der Waals surface area contributed by atoms with Crippen LogP contribution in [0.1, 0.15) is 10.4 Å². The predicted octanol–water partition coefficient (Wildman–Crippen LogP) is 1.10. The molecule has 0 aromatic heterocycles. The van der Waals surface area contributed by atoms with Gasteiger partial charge in [0.2, 0.25) is 0 Å². The monoisotopic (exact) mass is 232 g/mol. The molecule has 0 saturated carbocycles. The Morgan fingerprint density at radius 1 is 1.60 bits per heavy atom. The molecule has 4 nitrogen and oxygen atoms in total. The van der Waals surface area contributed by atoms with Gasteiger partial charge in [-0.2, -0.15) is 0 Å². The molecule has 0 radical (unpaired) electrons. The Morgan fingerprint density at radius 3 is 2.93 bits per heavy atom. The highest BCUT2D eigenvalue weighted by molar-refractivity contribution is 6.33. The van der Waals surface area contributed by atoms with Crippen LogP contribution in [-0.2, 0) is 4.84 Å². The average molecular weight is 233 g/mol. The fourth-order valence-corrected chi connectivity index (χ4v) is 1.28. The number of amides is 1. The molecule has 15 heavy (non-hydrogen) atoms. The van der Waals surface area contributed by atoms with Gasteiger partial charge in [-0.1, -0.05) is 17.7 Å². The molecule has 1 rings (SSSR count). The van der Waals surface area contributed by atoms with Gasteiger partial charge in [0.05, 0.1) is 17.2 Å². The maximum atomic E-state index is 13.2. The van der Waals surface area contributed by atoms with Crippen molar-refractivity contribution in [3.63, 3.8) is 0 Å². The van der Waals surface area contributed by atoms with Crippen LogP contribution in [0.2, 0.25) is 5.02 Å². The predicted molar refractivity (Wildman–Crippen MR) is 53.9 cm³/mol. The van der Waals surface area contributed by atoms with Crippen molar-refractivity contribution in [3.8, 4) is 0 Å². The van der Waals surface area contributed by atoms with E-state index in [1.165, 1.54) is 18.2 Å². The maximum absolute atomic E-state index is 13.2. The first-order valence-corrected chi connectivity index (χ1v) is 4.58. The molecule has 1 aromatic rings. The number of benzene rings is 1. The van der Waals surface area contributed by atoms with Crippen LogP contribution in [0.3, 0.4) is 0 Å². The number of halogens is 2. The number of carbonyl (C=O) groups is 1. The molecule has 0 heterocycles. The van der Waals surface area contributed by atoms with Crippen molar-refractivity contribution in [2.75, 3.05) is 13.2 Å². The molecule has 1 amide bonds. The fraction of sp³-hybridized carbons (Fsp3) is 0.222. The van der Waals surface area contributed by atoms with Crippen LogP contribution in [0.25, 0.3) is 0 Å². The number of nitrogens with two attached hydrogens (primary N) is 1. The number of hydrogen-bond donors (Lipinski definition) is 2. The lowest BCUT2D eigenvalue weighted by Gasteiger charge is -2.06. The molecule has 0 saturated heterocycles. The quantitative estimate of drug-likeness (QED) is 0.604. The molecule has 0 fully saturated rings. The second-order valence-electron chi connectivity index (χ2n) is 2.72. The van der Waals surface area contributed by atoms with Crippen LogP contribution in [0.4, 0.5) is 4.39 Å². The summed E-state index contributed by atoms with van der Waals surface area (Å²) in [6.45, 7) is 0.345. The van der Waals surface area contributed by atoms with Crippen LogP contribution in [0.15, 0.2) is 18.2 Å². The largest absolute Gasteiger partial charge is 0.350 e. The Balaban J connectivity index is 2.73. The van der Waals surface area contributed by atoms with Crippen molar-refractivity contribution in [2.45, 2.75) is 0 Å². The van der Waals surface area contributed by atoms with E-state index in [0.29, 0.717) is 0 Å². The zero-order valence-electron chi connectivity index (χ0n) is 7.80. The Labute approximate surface area is 91.1 Å². The first kappa shape index (κ1) is 11.9. The van der Waals surface area contributed by atoms with E-state index in [0.717, 1.165) is 0 Å². The van der Waals surface area contributed by atoms with E-state index in [2.05, 4.69) is 10.2 Å². The van der Waals surface area contributed by atoms with Gasteiger partial charge in [0, 0.05) is 6.54 Å². The number of rotatable bonds is 4. The Bertz CT molecular complexity index is 340. The third-order valence-electron chi connectivity index (χ3n) is 1.70. The first-order valence-electron chi connectivity index (χ1n) is 4.20. The molecule has 0 spiro atoms. The molecule has 82 valence electrons. The van der Waals surface area contributed by atoms with Crippen LogP contribution < -0.4 is 11.2 Å². The number of carbonyl (C=O) groups excluding carboxylic acids is 1. The van der Waals surface area contributed by atoms with Gasteiger partial charge >= 0.3 is 0 Å². The van der Waals surface area contributed by atoms with E-state index in [1.54, 1.807) is 0 Å². The van der Waals surface area contributed by atoms with Gasteiger partial charge in [-0.05, 0) is 12.1 Å². The maximum Gasteiger partial charge on any atom is 0.255 e. The molecular formula is C9H10ClFN2O2. The molecular weight excluding hydrogens is 223 g/mol. The third kappa shape index (κ3) is 3.16. The highest BCUT2D eigenvalue weighted by atomic mass is 35.5. The molecule has 0 unspecified atom stereocenters. The molecule has 0 bridgehead atoms. The topological polar surface area (TPSA) is 64.3 Å². The van der Waals surface area contributed by atoms with Crippen molar-refractivity contribution < 1.29 is 14.0 Å². The summed E-state index contributed by atoms with van der Waals surface area (Å²) in [5.74, 6) is 3.52. The van der Waals surface area contributed by atoms with Crippen molar-refractivity contribution in [3.05, 3.63) is 34.6 Å². The zero-order valence-corrected chi connectivity index (χ0v) is 8.55. The summed E-state index contributed by atoms with van der Waals surface area (Å²) in [5, 5.41) is 2.48. The second kappa shape index (κ2) is 5.65. The molecule has 0 aliphatic heterocycles. The van der Waals surface area contributed by atoms with Crippen molar-refractivity contribution in [2.24, 2.45) is 5.90 Å². The van der Waals surface area contributed by atoms with E-state index in [9.17, 15) is 9.18 Å². The smallest absolute Gasteiger partial charge is 0.255 e. The third-order valence-corrected chi connectivity index (χ3v) is 2.01. The number of hydrogen-bond acceptors (Lipinski definition) is 3. The van der Waals surface area contributed by atoms with E-state index in [-0.39, 0.29) is 23.7 Å². The van der Waals surface area contributed by atoms with Crippen LogP contribution >= 0.6 is 11.6 Å². The fourth-order valence-electron chi connectivity index (χ4n) is 1.03. The van der Waals surface area contributed by atoms with Crippen molar-refractivity contribution in [1.29, 1.82) is 0 Å². The minimum atomic E-state index is -0.659. The normalized spacial score (nSPS) is 10.1. The molecule has 0 atom stereocenters. The minimum Gasteiger partial charge on any atom is -0.350 e. The van der Waals surface area contributed by atoms with Crippen molar-refractivity contribution >= 4 is 17.5 Å². The highest BCUT2D eigenvalue weighted by Crippen LogP contribution is 2.18. The van der Waals surface area contributed by atoms with Crippen molar-refractivity contribution in [1.82, 2.24) is 5.32 Å². The Hall–Kier alpha value is -1.17. The van der Waals surface area contributed by atoms with Crippen LogP contribution in [0.5, 0.6) is 0 Å². The van der Waals surface area contributed by atoms with Crippen LogP contribution in [-0.4, -0.2) is 19.1 Å². The lowest BCUT2D eigenvalue weighted by atomic mass is 10.2. The lowest BCUT2D eigenvalue weighted by Crippen LogP contribution is -2.29. The zero-order chi connectivity index (χ0) is 11.3.